The molecule has 1 atom stereocenters. The maximum atomic E-state index is 12.8. The molecule has 0 radical (unpaired) electrons. The van der Waals surface area contributed by atoms with E-state index in [-0.39, 0.29) is 0 Å². The van der Waals surface area contributed by atoms with Crippen molar-refractivity contribution in [2.24, 2.45) is 0 Å². The first-order chi connectivity index (χ1) is 11.3. The number of aliphatic hydroxyl groups is 1. The lowest BCUT2D eigenvalue weighted by Gasteiger charge is -2.38. The van der Waals surface area contributed by atoms with Gasteiger partial charge in [-0.25, -0.2) is 0 Å². The van der Waals surface area contributed by atoms with Crippen molar-refractivity contribution in [2.75, 3.05) is 13.1 Å². The molecule has 5 nitrogen and oxygen atoms in total. The highest BCUT2D eigenvalue weighted by Crippen LogP contribution is 2.33. The number of aryl methyl sites for hydroxylation is 1. The van der Waals surface area contributed by atoms with Crippen molar-refractivity contribution in [3.63, 3.8) is 0 Å². The maximum Gasteiger partial charge on any atom is 0.416 e. The van der Waals surface area contributed by atoms with Crippen LogP contribution >= 0.6 is 0 Å². The predicted octanol–water partition coefficient (Wildman–Crippen LogP) is 2.62. The lowest BCUT2D eigenvalue weighted by atomic mass is 9.89. The molecule has 3 rings (SSSR count). The third kappa shape index (κ3) is 3.44. The lowest BCUT2D eigenvalue weighted by Crippen LogP contribution is -2.46. The highest BCUT2D eigenvalue weighted by molar-refractivity contribution is 5.32. The van der Waals surface area contributed by atoms with Crippen molar-refractivity contribution >= 4 is 0 Å². The minimum absolute atomic E-state index is 0.375. The van der Waals surface area contributed by atoms with E-state index in [0.717, 1.165) is 24.6 Å². The number of likely N-dealkylation sites (tertiary alicyclic amines) is 1. The van der Waals surface area contributed by atoms with Crippen molar-refractivity contribution in [2.45, 2.75) is 38.1 Å². The Morgan fingerprint density at radius 1 is 1.38 bits per heavy atom. The largest absolute Gasteiger partial charge is 0.416 e. The van der Waals surface area contributed by atoms with Crippen molar-refractivity contribution in [1.82, 2.24) is 20.3 Å². The number of hydrogen-bond acceptors (Lipinski definition) is 4. The molecule has 2 heterocycles. The van der Waals surface area contributed by atoms with Crippen LogP contribution in [-0.4, -0.2) is 38.5 Å². The topological polar surface area (TPSA) is 65.0 Å². The Kier molecular flexibility index (Phi) is 4.35. The highest BCUT2D eigenvalue weighted by atomic mass is 19.4. The first kappa shape index (κ1) is 16.9. The maximum absolute atomic E-state index is 12.8. The molecule has 2 aromatic rings. The van der Waals surface area contributed by atoms with Crippen LogP contribution in [0.3, 0.4) is 0 Å². The van der Waals surface area contributed by atoms with Crippen molar-refractivity contribution in [3.8, 4) is 0 Å². The van der Waals surface area contributed by atoms with Crippen LogP contribution in [0.2, 0.25) is 0 Å². The highest BCUT2D eigenvalue weighted by Gasteiger charge is 2.37. The van der Waals surface area contributed by atoms with Crippen molar-refractivity contribution in [1.29, 1.82) is 0 Å². The monoisotopic (exact) mass is 340 g/mol. The Morgan fingerprint density at radius 2 is 2.17 bits per heavy atom. The van der Waals surface area contributed by atoms with Gasteiger partial charge in [-0.3, -0.25) is 4.90 Å². The molecule has 24 heavy (non-hydrogen) atoms. The number of H-pyrrole nitrogens is 1. The lowest BCUT2D eigenvalue weighted by molar-refractivity contribution is -0.137. The van der Waals surface area contributed by atoms with Crippen molar-refractivity contribution < 1.29 is 18.3 Å². The van der Waals surface area contributed by atoms with E-state index in [0.29, 0.717) is 30.8 Å². The summed E-state index contributed by atoms with van der Waals surface area (Å²) < 4.78 is 38.3. The summed E-state index contributed by atoms with van der Waals surface area (Å²) in [5.74, 6) is 0. The van der Waals surface area contributed by atoms with E-state index in [1.54, 1.807) is 6.92 Å². The van der Waals surface area contributed by atoms with Gasteiger partial charge in [-0.15, -0.1) is 0 Å². The van der Waals surface area contributed by atoms with Crippen molar-refractivity contribution in [3.05, 3.63) is 46.8 Å². The normalized spacial score (nSPS) is 22.7. The molecule has 1 aliphatic rings. The standard InChI is InChI=1S/C16H19F3N4O/c1-11-7-13(16(17,18)19)4-3-12(11)9-23-6-2-5-15(24,10-23)14-8-20-22-21-14/h3-4,7-8,24H,2,5-6,9-10H2,1H3,(H,20,21,22). The molecule has 130 valence electrons. The fraction of sp³-hybridized carbons (Fsp3) is 0.500. The molecule has 0 bridgehead atoms. The van der Waals surface area contributed by atoms with E-state index in [4.69, 9.17) is 0 Å². The molecule has 1 aromatic carbocycles. The van der Waals surface area contributed by atoms with E-state index in [9.17, 15) is 18.3 Å². The van der Waals surface area contributed by atoms with E-state index in [1.807, 2.05) is 4.90 Å². The molecular weight excluding hydrogens is 321 g/mol. The van der Waals surface area contributed by atoms with Crippen LogP contribution in [0.15, 0.2) is 24.4 Å². The first-order valence-corrected chi connectivity index (χ1v) is 7.76. The summed E-state index contributed by atoms with van der Waals surface area (Å²) >= 11 is 0. The number of hydrogen-bond donors (Lipinski definition) is 2. The van der Waals surface area contributed by atoms with Gasteiger partial charge in [-0.05, 0) is 49.6 Å². The molecule has 8 heteroatoms. The van der Waals surface area contributed by atoms with Crippen LogP contribution in [-0.2, 0) is 18.3 Å². The molecule has 0 spiro atoms. The SMILES string of the molecule is Cc1cc(C(F)(F)F)ccc1CN1CCCC(O)(c2cn[nH]n2)C1. The quantitative estimate of drug-likeness (QED) is 0.901. The van der Waals surface area contributed by atoms with Gasteiger partial charge in [-0.1, -0.05) is 6.07 Å². The first-order valence-electron chi connectivity index (χ1n) is 7.76. The summed E-state index contributed by atoms with van der Waals surface area (Å²) in [5.41, 5.74) is 0.205. The second-order valence-electron chi connectivity index (χ2n) is 6.34. The van der Waals surface area contributed by atoms with Crippen LogP contribution in [0, 0.1) is 6.92 Å². The zero-order valence-corrected chi connectivity index (χ0v) is 13.3. The van der Waals surface area contributed by atoms with Gasteiger partial charge in [0.2, 0.25) is 0 Å². The number of piperidine rings is 1. The average molecular weight is 340 g/mol. The van der Waals surface area contributed by atoms with Crippen LogP contribution in [0.4, 0.5) is 13.2 Å². The fourth-order valence-electron chi connectivity index (χ4n) is 3.18. The Morgan fingerprint density at radius 3 is 2.79 bits per heavy atom. The average Bonchev–Trinajstić information content (AvgIpc) is 3.03. The number of benzene rings is 1. The van der Waals surface area contributed by atoms with Gasteiger partial charge in [0, 0.05) is 13.1 Å². The number of aromatic amines is 1. The van der Waals surface area contributed by atoms with Gasteiger partial charge in [0.15, 0.2) is 0 Å². The molecule has 1 aliphatic heterocycles. The van der Waals surface area contributed by atoms with Gasteiger partial charge in [0.25, 0.3) is 0 Å². The molecule has 1 fully saturated rings. The van der Waals surface area contributed by atoms with Gasteiger partial charge < -0.3 is 5.11 Å². The van der Waals surface area contributed by atoms with Crippen LogP contribution in [0.1, 0.15) is 35.2 Å². The van der Waals surface area contributed by atoms with Crippen LogP contribution in [0.25, 0.3) is 0 Å². The second kappa shape index (κ2) is 6.18. The summed E-state index contributed by atoms with van der Waals surface area (Å²) in [6.07, 6.45) is -1.46. The molecule has 1 saturated heterocycles. The van der Waals surface area contributed by atoms with Gasteiger partial charge in [0.1, 0.15) is 11.3 Å². The minimum atomic E-state index is -4.33. The number of aromatic nitrogens is 3. The summed E-state index contributed by atoms with van der Waals surface area (Å²) in [5, 5.41) is 21.0. The van der Waals surface area contributed by atoms with Gasteiger partial charge in [0.05, 0.1) is 11.8 Å². The smallest absolute Gasteiger partial charge is 0.382 e. The summed E-state index contributed by atoms with van der Waals surface area (Å²) in [6, 6.07) is 3.79. The Balaban J connectivity index is 1.74. The zero-order chi connectivity index (χ0) is 17.4. The molecule has 1 aromatic heterocycles. The van der Waals surface area contributed by atoms with E-state index in [2.05, 4.69) is 15.4 Å². The second-order valence-corrected chi connectivity index (χ2v) is 6.34. The van der Waals surface area contributed by atoms with Crippen LogP contribution in [0.5, 0.6) is 0 Å². The van der Waals surface area contributed by atoms with Gasteiger partial charge >= 0.3 is 6.18 Å². The molecular formula is C16H19F3N4O. The van der Waals surface area contributed by atoms with Gasteiger partial charge in [-0.2, -0.15) is 28.6 Å². The number of β-amino-alcohol motifs (C(OH)–C–C–N with tert-alkyl or cyclic N) is 1. The number of nitrogens with one attached hydrogen (secondary N) is 1. The summed E-state index contributed by atoms with van der Waals surface area (Å²) in [7, 11) is 0. The number of rotatable bonds is 3. The molecule has 0 amide bonds. The molecule has 0 saturated carbocycles. The Labute approximate surface area is 137 Å². The van der Waals surface area contributed by atoms with E-state index < -0.39 is 17.3 Å². The minimum Gasteiger partial charge on any atom is -0.382 e. The number of nitrogens with zero attached hydrogens (tertiary/aromatic N) is 3. The van der Waals surface area contributed by atoms with E-state index in [1.165, 1.54) is 18.3 Å². The Hall–Kier alpha value is -1.93. The summed E-state index contributed by atoms with van der Waals surface area (Å²) in [6.45, 7) is 3.32. The third-order valence-electron chi connectivity index (χ3n) is 4.51. The van der Waals surface area contributed by atoms with Crippen LogP contribution < -0.4 is 0 Å². The molecule has 1 unspecified atom stereocenters. The molecule has 0 aliphatic carbocycles. The number of alkyl halides is 3. The number of halogens is 3. The predicted molar refractivity (Wildman–Crippen MR) is 81.0 cm³/mol. The fourth-order valence-corrected chi connectivity index (χ4v) is 3.18. The molecule has 2 N–H and O–H groups in total. The van der Waals surface area contributed by atoms with E-state index >= 15 is 0 Å². The third-order valence-corrected chi connectivity index (χ3v) is 4.51. The zero-order valence-electron chi connectivity index (χ0n) is 13.3. The Bertz CT molecular complexity index is 702. The summed E-state index contributed by atoms with van der Waals surface area (Å²) in [4.78, 5) is 2.04.